The third kappa shape index (κ3) is 4.93. The smallest absolute Gasteiger partial charge is 0.254 e. The van der Waals surface area contributed by atoms with Crippen LogP contribution >= 0.6 is 11.6 Å². The quantitative estimate of drug-likeness (QED) is 0.324. The Bertz CT molecular complexity index is 1810. The van der Waals surface area contributed by atoms with Gasteiger partial charge in [-0.2, -0.15) is 5.10 Å². The molecule has 6 rings (SSSR count). The molecule has 2 aromatic carbocycles. The Morgan fingerprint density at radius 3 is 2.76 bits per heavy atom. The van der Waals surface area contributed by atoms with Crippen LogP contribution in [-0.4, -0.2) is 40.2 Å². The third-order valence-electron chi connectivity index (χ3n) is 7.47. The maximum atomic E-state index is 15.3. The molecule has 2 bridgehead atoms. The van der Waals surface area contributed by atoms with Crippen molar-refractivity contribution in [2.24, 2.45) is 13.0 Å². The Morgan fingerprint density at radius 2 is 1.98 bits per heavy atom. The zero-order chi connectivity index (χ0) is 28.7. The zero-order valence-electron chi connectivity index (χ0n) is 22.3. The van der Waals surface area contributed by atoms with Gasteiger partial charge in [0, 0.05) is 24.6 Å². The lowest BCUT2D eigenvalue weighted by atomic mass is 9.94. The van der Waals surface area contributed by atoms with Gasteiger partial charge in [-0.25, -0.2) is 14.1 Å². The Labute approximate surface area is 239 Å². The molecule has 3 aromatic heterocycles. The lowest BCUT2D eigenvalue weighted by Gasteiger charge is -2.23. The van der Waals surface area contributed by atoms with Crippen LogP contribution in [0, 0.1) is 11.7 Å². The van der Waals surface area contributed by atoms with Gasteiger partial charge in [0.25, 0.3) is 5.56 Å². The highest BCUT2D eigenvalue weighted by molar-refractivity contribution is 6.31. The molecule has 41 heavy (non-hydrogen) atoms. The van der Waals surface area contributed by atoms with Crippen LogP contribution < -0.4 is 10.9 Å². The summed E-state index contributed by atoms with van der Waals surface area (Å²) in [4.78, 5) is 31.1. The van der Waals surface area contributed by atoms with Crippen molar-refractivity contribution in [3.05, 3.63) is 94.1 Å². The fourth-order valence-electron chi connectivity index (χ4n) is 5.33. The van der Waals surface area contributed by atoms with E-state index < -0.39 is 5.82 Å². The average molecular weight is 573 g/mol. The van der Waals surface area contributed by atoms with E-state index in [2.05, 4.69) is 25.7 Å². The number of nitrogens with zero attached hydrogens (tertiary/aromatic N) is 7. The van der Waals surface area contributed by atoms with Crippen LogP contribution in [0.15, 0.2) is 72.2 Å². The molecular formula is C29H26ClFN8O2. The Hall–Kier alpha value is -4.64. The normalized spacial score (nSPS) is 17.3. The predicted molar refractivity (Wildman–Crippen MR) is 152 cm³/mol. The number of halogens is 2. The molecule has 0 fully saturated rings. The SMILES string of the molecule is C[C@@H]1CCC[C@H](n2cnc(-c3c(-n4ccnn4)ccc(Cl)c3F)cc2=O)c2cccc(c2)-c2c(cnn2C)NC1=O. The van der Waals surface area contributed by atoms with Crippen molar-refractivity contribution < 1.29 is 9.18 Å². The van der Waals surface area contributed by atoms with Gasteiger partial charge in [0.15, 0.2) is 5.82 Å². The number of rotatable bonds is 3. The fourth-order valence-corrected chi connectivity index (χ4v) is 5.49. The van der Waals surface area contributed by atoms with Crippen LogP contribution in [0.4, 0.5) is 10.1 Å². The number of hydrogen-bond acceptors (Lipinski definition) is 6. The predicted octanol–water partition coefficient (Wildman–Crippen LogP) is 5.03. The van der Waals surface area contributed by atoms with Crippen molar-refractivity contribution in [1.29, 1.82) is 0 Å². The lowest BCUT2D eigenvalue weighted by Crippen LogP contribution is -2.26. The number of carbonyl (C=O) groups excluding carboxylic acids is 1. The van der Waals surface area contributed by atoms with Crippen LogP contribution in [-0.2, 0) is 11.8 Å². The van der Waals surface area contributed by atoms with Crippen LogP contribution in [0.1, 0.15) is 37.8 Å². The summed E-state index contributed by atoms with van der Waals surface area (Å²) < 4.78 is 20.0. The summed E-state index contributed by atoms with van der Waals surface area (Å²) in [6.45, 7) is 1.89. The van der Waals surface area contributed by atoms with Crippen LogP contribution in [0.2, 0.25) is 5.02 Å². The molecule has 5 aromatic rings. The summed E-state index contributed by atoms with van der Waals surface area (Å²) in [5.74, 6) is -1.02. The van der Waals surface area contributed by atoms with Crippen molar-refractivity contribution in [3.63, 3.8) is 0 Å². The first-order chi connectivity index (χ1) is 19.8. The van der Waals surface area contributed by atoms with Crippen molar-refractivity contribution in [2.45, 2.75) is 32.2 Å². The first-order valence-electron chi connectivity index (χ1n) is 13.2. The van der Waals surface area contributed by atoms with E-state index in [9.17, 15) is 9.59 Å². The summed E-state index contributed by atoms with van der Waals surface area (Å²) in [7, 11) is 1.82. The molecule has 208 valence electrons. The van der Waals surface area contributed by atoms with E-state index in [-0.39, 0.29) is 39.7 Å². The average Bonchev–Trinajstić information content (AvgIpc) is 3.62. The minimum atomic E-state index is -0.706. The number of hydrogen-bond donors (Lipinski definition) is 1. The van der Waals surface area contributed by atoms with Gasteiger partial charge in [-0.3, -0.25) is 18.8 Å². The minimum Gasteiger partial charge on any atom is -0.323 e. The fraction of sp³-hybridized carbons (Fsp3) is 0.241. The Morgan fingerprint density at radius 1 is 1.12 bits per heavy atom. The van der Waals surface area contributed by atoms with Gasteiger partial charge in [0.05, 0.1) is 64.3 Å². The topological polar surface area (TPSA) is 113 Å². The maximum absolute atomic E-state index is 15.3. The highest BCUT2D eigenvalue weighted by Gasteiger charge is 2.24. The Balaban J connectivity index is 1.46. The number of benzene rings is 2. The van der Waals surface area contributed by atoms with Crippen molar-refractivity contribution in [1.82, 2.24) is 34.3 Å². The second-order valence-electron chi connectivity index (χ2n) is 10.1. The third-order valence-corrected chi connectivity index (χ3v) is 7.77. The molecule has 4 heterocycles. The molecule has 1 N–H and O–H groups in total. The molecular weight excluding hydrogens is 547 g/mol. The van der Waals surface area contributed by atoms with E-state index >= 15 is 4.39 Å². The second kappa shape index (κ2) is 10.7. The first kappa shape index (κ1) is 26.6. The first-order valence-corrected chi connectivity index (χ1v) is 13.6. The molecule has 10 nitrogen and oxygen atoms in total. The number of amides is 1. The standard InChI is InChI=1S/C29H26ClFN8O2/c1-17-5-3-8-23(18-6-4-7-19(13-18)28-22(35-29(17)41)15-34-37(28)2)38-16-32-21(14-25(38)40)26-24(39-12-11-33-36-39)10-9-20(30)27(26)31/h4,6-7,9-17,23H,3,5,8H2,1-2H3,(H,35,41)/t17-,23+/m1/s1. The Kier molecular flexibility index (Phi) is 6.96. The van der Waals surface area contributed by atoms with Crippen molar-refractivity contribution in [3.8, 4) is 28.2 Å². The van der Waals surface area contributed by atoms with Gasteiger partial charge in [-0.15, -0.1) is 5.10 Å². The van der Waals surface area contributed by atoms with Crippen LogP contribution in [0.25, 0.3) is 28.2 Å². The highest BCUT2D eigenvalue weighted by Crippen LogP contribution is 2.35. The number of fused-ring (bicyclic) bond motifs is 4. The van der Waals surface area contributed by atoms with Gasteiger partial charge in [-0.1, -0.05) is 48.4 Å². The summed E-state index contributed by atoms with van der Waals surface area (Å²) in [5, 5.41) is 15.0. The molecule has 0 unspecified atom stereocenters. The van der Waals surface area contributed by atoms with E-state index in [1.807, 2.05) is 38.2 Å². The van der Waals surface area contributed by atoms with Gasteiger partial charge in [0.2, 0.25) is 5.91 Å². The summed E-state index contributed by atoms with van der Waals surface area (Å²) >= 11 is 6.11. The van der Waals surface area contributed by atoms with E-state index in [1.165, 1.54) is 29.3 Å². The van der Waals surface area contributed by atoms with Gasteiger partial charge >= 0.3 is 0 Å². The van der Waals surface area contributed by atoms with Crippen LogP contribution in [0.5, 0.6) is 0 Å². The molecule has 1 amide bonds. The molecule has 0 saturated carbocycles. The minimum absolute atomic E-state index is 0.0523. The van der Waals surface area contributed by atoms with E-state index in [4.69, 9.17) is 11.6 Å². The number of anilines is 1. The van der Waals surface area contributed by atoms with Gasteiger partial charge < -0.3 is 5.32 Å². The molecule has 0 aliphatic carbocycles. The van der Waals surface area contributed by atoms with Gasteiger partial charge in [0.1, 0.15) is 0 Å². The van der Waals surface area contributed by atoms with Gasteiger partial charge in [-0.05, 0) is 36.6 Å². The number of carbonyl (C=O) groups is 1. The lowest BCUT2D eigenvalue weighted by molar-refractivity contribution is -0.119. The van der Waals surface area contributed by atoms with Crippen molar-refractivity contribution >= 4 is 23.2 Å². The molecule has 12 heteroatoms. The number of nitrogens with one attached hydrogen (secondary N) is 1. The molecule has 2 atom stereocenters. The summed E-state index contributed by atoms with van der Waals surface area (Å²) in [6.07, 6.45) is 8.04. The van der Waals surface area contributed by atoms with E-state index in [1.54, 1.807) is 27.7 Å². The van der Waals surface area contributed by atoms with Crippen LogP contribution in [0.3, 0.4) is 0 Å². The number of aryl methyl sites for hydroxylation is 1. The summed E-state index contributed by atoms with van der Waals surface area (Å²) in [6, 6.07) is 11.8. The van der Waals surface area contributed by atoms with E-state index in [0.717, 1.165) is 16.8 Å². The largest absolute Gasteiger partial charge is 0.323 e. The zero-order valence-corrected chi connectivity index (χ0v) is 23.1. The highest BCUT2D eigenvalue weighted by atomic mass is 35.5. The maximum Gasteiger partial charge on any atom is 0.254 e. The molecule has 0 saturated heterocycles. The second-order valence-corrected chi connectivity index (χ2v) is 10.5. The number of aromatic nitrogens is 7. The molecule has 1 aliphatic heterocycles. The van der Waals surface area contributed by atoms with E-state index in [0.29, 0.717) is 30.6 Å². The van der Waals surface area contributed by atoms with Crippen molar-refractivity contribution in [2.75, 3.05) is 5.32 Å². The molecule has 1 aliphatic rings. The summed E-state index contributed by atoms with van der Waals surface area (Å²) in [5.41, 5.74) is 3.34. The molecule has 0 spiro atoms. The monoisotopic (exact) mass is 572 g/mol. The molecule has 0 radical (unpaired) electrons.